The zero-order valence-corrected chi connectivity index (χ0v) is 14.3. The highest BCUT2D eigenvalue weighted by atomic mass is 16.6. The third-order valence-corrected chi connectivity index (χ3v) is 3.84. The largest absolute Gasteiger partial charge is 0.463 e. The average molecular weight is 364 g/mol. The Kier molecular flexibility index (Phi) is 6.12. The first-order valence-corrected chi connectivity index (χ1v) is 7.89. The van der Waals surface area contributed by atoms with Crippen molar-refractivity contribution >= 4 is 17.9 Å². The molecule has 0 saturated heterocycles. The van der Waals surface area contributed by atoms with E-state index in [4.69, 9.17) is 14.2 Å². The van der Waals surface area contributed by atoms with Crippen molar-refractivity contribution in [2.75, 3.05) is 6.61 Å². The van der Waals surface area contributed by atoms with Gasteiger partial charge in [-0.3, -0.25) is 9.59 Å². The molecule has 1 aromatic rings. The van der Waals surface area contributed by atoms with Gasteiger partial charge in [0.25, 0.3) is 0 Å². The molecule has 0 amide bonds. The minimum atomic E-state index is -2.19. The number of carbonyl (C=O) groups excluding carboxylic acids is 3. The van der Waals surface area contributed by atoms with Crippen LogP contribution in [0.5, 0.6) is 0 Å². The molecule has 4 atom stereocenters. The van der Waals surface area contributed by atoms with Crippen molar-refractivity contribution in [1.29, 1.82) is 0 Å². The smallest absolute Gasteiger partial charge is 0.338 e. The fourth-order valence-corrected chi connectivity index (χ4v) is 2.51. The number of ether oxygens (including phenoxy) is 3. The highest BCUT2D eigenvalue weighted by molar-refractivity contribution is 5.89. The number of hydrogen-bond acceptors (Lipinski definition) is 8. The van der Waals surface area contributed by atoms with E-state index in [-0.39, 0.29) is 5.56 Å². The summed E-state index contributed by atoms with van der Waals surface area (Å²) in [7, 11) is 0. The summed E-state index contributed by atoms with van der Waals surface area (Å²) in [5.41, 5.74) is -1.95. The lowest BCUT2D eigenvalue weighted by Gasteiger charge is -2.41. The molecule has 0 spiro atoms. The van der Waals surface area contributed by atoms with Gasteiger partial charge in [0.15, 0.2) is 11.7 Å². The first-order chi connectivity index (χ1) is 12.2. The molecule has 0 heterocycles. The van der Waals surface area contributed by atoms with Crippen LogP contribution in [0.4, 0.5) is 0 Å². The zero-order chi connectivity index (χ0) is 19.3. The highest BCUT2D eigenvalue weighted by Gasteiger charge is 2.52. The first-order valence-electron chi connectivity index (χ1n) is 7.89. The third-order valence-electron chi connectivity index (χ3n) is 3.84. The number of aliphatic hydroxyl groups is 2. The second-order valence-corrected chi connectivity index (χ2v) is 5.87. The number of aliphatic hydroxyl groups excluding tert-OH is 1. The van der Waals surface area contributed by atoms with Crippen molar-refractivity contribution in [1.82, 2.24) is 0 Å². The van der Waals surface area contributed by atoms with Gasteiger partial charge in [-0.15, -0.1) is 0 Å². The van der Waals surface area contributed by atoms with Gasteiger partial charge in [0.1, 0.15) is 18.8 Å². The van der Waals surface area contributed by atoms with Gasteiger partial charge < -0.3 is 24.4 Å². The maximum Gasteiger partial charge on any atom is 0.338 e. The molecule has 1 aliphatic rings. The molecule has 2 rings (SSSR count). The molecule has 1 aliphatic carbocycles. The molecule has 0 radical (unpaired) electrons. The SMILES string of the molecule is CC(=O)OCC1(O)C(OC(=O)c2ccccc2)C=CC(OC(C)=O)C1O. The van der Waals surface area contributed by atoms with E-state index in [9.17, 15) is 24.6 Å². The Morgan fingerprint density at radius 1 is 1.04 bits per heavy atom. The topological polar surface area (TPSA) is 119 Å². The Morgan fingerprint density at radius 2 is 1.69 bits per heavy atom. The van der Waals surface area contributed by atoms with Crippen LogP contribution >= 0.6 is 0 Å². The lowest BCUT2D eigenvalue weighted by atomic mass is 9.82. The maximum atomic E-state index is 12.3. The molecule has 8 heteroatoms. The minimum absolute atomic E-state index is 0.243. The molecule has 1 aromatic carbocycles. The Bertz CT molecular complexity index is 698. The molecular formula is C18H20O8. The summed E-state index contributed by atoms with van der Waals surface area (Å²) in [5, 5.41) is 21.3. The van der Waals surface area contributed by atoms with Gasteiger partial charge in [-0.2, -0.15) is 0 Å². The van der Waals surface area contributed by atoms with Crippen LogP contribution in [0.3, 0.4) is 0 Å². The molecule has 0 bridgehead atoms. The van der Waals surface area contributed by atoms with E-state index in [0.717, 1.165) is 13.8 Å². The van der Waals surface area contributed by atoms with E-state index >= 15 is 0 Å². The second-order valence-electron chi connectivity index (χ2n) is 5.87. The average Bonchev–Trinajstić information content (AvgIpc) is 2.60. The van der Waals surface area contributed by atoms with Gasteiger partial charge >= 0.3 is 17.9 Å². The molecule has 0 aliphatic heterocycles. The van der Waals surface area contributed by atoms with Gasteiger partial charge in [0.2, 0.25) is 0 Å². The molecule has 26 heavy (non-hydrogen) atoms. The molecular weight excluding hydrogens is 344 g/mol. The van der Waals surface area contributed by atoms with Crippen LogP contribution in [0, 0.1) is 0 Å². The molecule has 2 N–H and O–H groups in total. The van der Waals surface area contributed by atoms with Crippen molar-refractivity contribution < 1.29 is 38.8 Å². The quantitative estimate of drug-likeness (QED) is 0.437. The van der Waals surface area contributed by atoms with Crippen LogP contribution < -0.4 is 0 Å². The lowest BCUT2D eigenvalue weighted by Crippen LogP contribution is -2.62. The Hall–Kier alpha value is -2.71. The van der Waals surface area contributed by atoms with Crippen molar-refractivity contribution in [3.05, 3.63) is 48.0 Å². The molecule has 4 unspecified atom stereocenters. The van der Waals surface area contributed by atoms with E-state index in [0.29, 0.717) is 0 Å². The number of esters is 3. The van der Waals surface area contributed by atoms with Crippen LogP contribution in [-0.4, -0.2) is 58.6 Å². The van der Waals surface area contributed by atoms with Gasteiger partial charge in [-0.25, -0.2) is 4.79 Å². The Morgan fingerprint density at radius 3 is 2.27 bits per heavy atom. The zero-order valence-electron chi connectivity index (χ0n) is 14.3. The summed E-state index contributed by atoms with van der Waals surface area (Å²) < 4.78 is 15.0. The molecule has 8 nitrogen and oxygen atoms in total. The van der Waals surface area contributed by atoms with E-state index in [1.54, 1.807) is 18.2 Å². The second kappa shape index (κ2) is 8.11. The van der Waals surface area contributed by atoms with Crippen LogP contribution in [0.25, 0.3) is 0 Å². The summed E-state index contributed by atoms with van der Waals surface area (Å²) in [4.78, 5) is 34.5. The van der Waals surface area contributed by atoms with E-state index in [1.807, 2.05) is 0 Å². The van der Waals surface area contributed by atoms with Crippen molar-refractivity contribution in [2.24, 2.45) is 0 Å². The van der Waals surface area contributed by atoms with Crippen LogP contribution in [-0.2, 0) is 23.8 Å². The van der Waals surface area contributed by atoms with Crippen molar-refractivity contribution in [3.8, 4) is 0 Å². The monoisotopic (exact) mass is 364 g/mol. The predicted octanol–water partition coefficient (Wildman–Crippen LogP) is 0.369. The third kappa shape index (κ3) is 4.47. The number of benzene rings is 1. The Balaban J connectivity index is 2.26. The fourth-order valence-electron chi connectivity index (χ4n) is 2.51. The van der Waals surface area contributed by atoms with Gasteiger partial charge in [0.05, 0.1) is 5.56 Å². The summed E-state index contributed by atoms with van der Waals surface area (Å²) in [5.74, 6) is -2.11. The maximum absolute atomic E-state index is 12.3. The van der Waals surface area contributed by atoms with Crippen molar-refractivity contribution in [3.63, 3.8) is 0 Å². The van der Waals surface area contributed by atoms with Crippen molar-refractivity contribution in [2.45, 2.75) is 37.8 Å². The summed E-state index contributed by atoms with van der Waals surface area (Å²) in [6.07, 6.45) is -1.59. The predicted molar refractivity (Wildman–Crippen MR) is 87.9 cm³/mol. The van der Waals surface area contributed by atoms with Gasteiger partial charge in [-0.05, 0) is 24.3 Å². The van der Waals surface area contributed by atoms with E-state index < -0.39 is 48.4 Å². The van der Waals surface area contributed by atoms with Gasteiger partial charge in [-0.1, -0.05) is 18.2 Å². The molecule has 0 saturated carbocycles. The lowest BCUT2D eigenvalue weighted by molar-refractivity contribution is -0.202. The van der Waals surface area contributed by atoms with E-state index in [2.05, 4.69) is 0 Å². The Labute approximate surface area is 150 Å². The standard InChI is InChI=1S/C18H20O8/c1-11(19)24-10-18(23)15(9-8-14(16(18)21)25-12(2)20)26-17(22)13-6-4-3-5-7-13/h3-9,14-16,21,23H,10H2,1-2H3. The minimum Gasteiger partial charge on any atom is -0.463 e. The summed E-state index contributed by atoms with van der Waals surface area (Å²) in [6.45, 7) is 1.62. The van der Waals surface area contributed by atoms with Crippen LogP contribution in [0.1, 0.15) is 24.2 Å². The summed E-state index contributed by atoms with van der Waals surface area (Å²) in [6, 6.07) is 8.06. The number of carbonyl (C=O) groups is 3. The molecule has 0 aromatic heterocycles. The normalized spacial score (nSPS) is 27.5. The highest BCUT2D eigenvalue weighted by Crippen LogP contribution is 2.30. The number of hydrogen-bond donors (Lipinski definition) is 2. The number of rotatable bonds is 5. The first kappa shape index (κ1) is 19.6. The van der Waals surface area contributed by atoms with Gasteiger partial charge in [0, 0.05) is 13.8 Å². The van der Waals surface area contributed by atoms with Crippen LogP contribution in [0.15, 0.2) is 42.5 Å². The van der Waals surface area contributed by atoms with Crippen LogP contribution in [0.2, 0.25) is 0 Å². The fraction of sp³-hybridized carbons (Fsp3) is 0.389. The summed E-state index contributed by atoms with van der Waals surface area (Å²) >= 11 is 0. The molecule has 0 fully saturated rings. The molecule has 140 valence electrons. The van der Waals surface area contributed by atoms with E-state index in [1.165, 1.54) is 24.3 Å².